The van der Waals surface area contributed by atoms with Crippen LogP contribution in [0.25, 0.3) is 28.2 Å². The van der Waals surface area contributed by atoms with Crippen LogP contribution in [0, 0.1) is 11.3 Å². The predicted molar refractivity (Wildman–Crippen MR) is 120 cm³/mol. The number of rotatable bonds is 5. The van der Waals surface area contributed by atoms with E-state index in [1.54, 1.807) is 36.3 Å². The van der Waals surface area contributed by atoms with E-state index in [4.69, 9.17) is 10.5 Å². The summed E-state index contributed by atoms with van der Waals surface area (Å²) >= 11 is 0. The molecule has 0 aliphatic heterocycles. The first kappa shape index (κ1) is 19.5. The number of fused-ring (bicyclic) bond motifs is 1. The topological polar surface area (TPSA) is 107 Å². The van der Waals surface area contributed by atoms with Gasteiger partial charge in [-0.15, -0.1) is 0 Å². The predicted octanol–water partition coefficient (Wildman–Crippen LogP) is 3.92. The second-order valence-corrected chi connectivity index (χ2v) is 7.19. The minimum atomic E-state index is 0.398. The molecule has 0 unspecified atom stereocenters. The normalized spacial score (nSPS) is 10.9. The van der Waals surface area contributed by atoms with E-state index in [2.05, 4.69) is 21.1 Å². The Morgan fingerprint density at radius 3 is 2.66 bits per heavy atom. The number of nitriles is 1. The summed E-state index contributed by atoms with van der Waals surface area (Å²) in [6.45, 7) is 0.398. The SMILES string of the molecule is Cn1nc(-c2ccccn2)cc1Oc1cc(C#N)ccc1-c1ccc(CN)n2ccnc12. The molecule has 1 aromatic carbocycles. The quantitative estimate of drug-likeness (QED) is 0.461. The van der Waals surface area contributed by atoms with Crippen LogP contribution in [0.3, 0.4) is 0 Å². The molecule has 0 amide bonds. The zero-order chi connectivity index (χ0) is 22.1. The average Bonchev–Trinajstić information content (AvgIpc) is 3.46. The van der Waals surface area contributed by atoms with Crippen LogP contribution in [0.5, 0.6) is 11.6 Å². The second-order valence-electron chi connectivity index (χ2n) is 7.19. The molecule has 0 bridgehead atoms. The third kappa shape index (κ3) is 3.37. The molecule has 5 aromatic rings. The van der Waals surface area contributed by atoms with E-state index in [0.717, 1.165) is 28.2 Å². The van der Waals surface area contributed by atoms with Gasteiger partial charge in [0, 0.05) is 55.1 Å². The largest absolute Gasteiger partial charge is 0.439 e. The van der Waals surface area contributed by atoms with Crippen molar-refractivity contribution in [3.8, 4) is 40.2 Å². The second kappa shape index (κ2) is 7.98. The number of pyridine rings is 2. The molecule has 4 aromatic heterocycles. The Hall–Kier alpha value is -4.48. The molecule has 0 fully saturated rings. The molecule has 156 valence electrons. The number of ether oxygens (including phenoxy) is 1. The highest BCUT2D eigenvalue weighted by atomic mass is 16.5. The minimum absolute atomic E-state index is 0.398. The molecule has 32 heavy (non-hydrogen) atoms. The van der Waals surface area contributed by atoms with E-state index in [9.17, 15) is 5.26 Å². The molecule has 0 aliphatic rings. The smallest absolute Gasteiger partial charge is 0.218 e. The Bertz CT molecular complexity index is 1460. The van der Waals surface area contributed by atoms with Crippen molar-refractivity contribution in [1.29, 1.82) is 5.26 Å². The summed E-state index contributed by atoms with van der Waals surface area (Å²) in [5.41, 5.74) is 11.2. The van der Waals surface area contributed by atoms with E-state index in [-0.39, 0.29) is 0 Å². The van der Waals surface area contributed by atoms with Crippen molar-refractivity contribution in [1.82, 2.24) is 24.1 Å². The van der Waals surface area contributed by atoms with E-state index in [1.807, 2.05) is 53.1 Å². The first-order valence-corrected chi connectivity index (χ1v) is 10.0. The number of benzene rings is 1. The lowest BCUT2D eigenvalue weighted by molar-refractivity contribution is 0.432. The lowest BCUT2D eigenvalue weighted by atomic mass is 10.0. The molecule has 0 atom stereocenters. The van der Waals surface area contributed by atoms with Crippen LogP contribution in [0.2, 0.25) is 0 Å². The van der Waals surface area contributed by atoms with Gasteiger partial charge in [-0.2, -0.15) is 10.4 Å². The van der Waals surface area contributed by atoms with Gasteiger partial charge in [0.05, 0.1) is 17.3 Å². The molecule has 0 radical (unpaired) electrons. The summed E-state index contributed by atoms with van der Waals surface area (Å²) in [5.74, 6) is 1.06. The van der Waals surface area contributed by atoms with Gasteiger partial charge in [0.15, 0.2) is 0 Å². The summed E-state index contributed by atoms with van der Waals surface area (Å²) in [4.78, 5) is 8.87. The fourth-order valence-corrected chi connectivity index (χ4v) is 3.64. The average molecular weight is 421 g/mol. The first-order chi connectivity index (χ1) is 15.7. The van der Waals surface area contributed by atoms with Gasteiger partial charge in [-0.25, -0.2) is 9.67 Å². The minimum Gasteiger partial charge on any atom is -0.439 e. The van der Waals surface area contributed by atoms with Crippen LogP contribution < -0.4 is 10.5 Å². The van der Waals surface area contributed by atoms with Gasteiger partial charge in [-0.1, -0.05) is 6.07 Å². The van der Waals surface area contributed by atoms with E-state index < -0.39 is 0 Å². The van der Waals surface area contributed by atoms with Crippen LogP contribution in [0.15, 0.2) is 73.2 Å². The van der Waals surface area contributed by atoms with Crippen LogP contribution >= 0.6 is 0 Å². The maximum Gasteiger partial charge on any atom is 0.218 e. The molecular weight excluding hydrogens is 402 g/mol. The van der Waals surface area contributed by atoms with Crippen molar-refractivity contribution in [2.24, 2.45) is 12.8 Å². The Kier molecular flexibility index (Phi) is 4.86. The molecule has 5 rings (SSSR count). The molecule has 8 heteroatoms. The first-order valence-electron chi connectivity index (χ1n) is 10.0. The lowest BCUT2D eigenvalue weighted by Gasteiger charge is -2.13. The number of nitrogens with two attached hydrogens (primary N) is 1. The highest BCUT2D eigenvalue weighted by molar-refractivity contribution is 5.82. The molecule has 0 spiro atoms. The zero-order valence-electron chi connectivity index (χ0n) is 17.3. The third-order valence-electron chi connectivity index (χ3n) is 5.22. The summed E-state index contributed by atoms with van der Waals surface area (Å²) in [5, 5.41) is 14.0. The number of hydrogen-bond donors (Lipinski definition) is 1. The summed E-state index contributed by atoms with van der Waals surface area (Å²) in [6, 6.07) is 19.0. The Morgan fingerprint density at radius 2 is 1.88 bits per heavy atom. The van der Waals surface area contributed by atoms with E-state index in [1.165, 1.54) is 0 Å². The summed E-state index contributed by atoms with van der Waals surface area (Å²) in [7, 11) is 1.80. The zero-order valence-corrected chi connectivity index (χ0v) is 17.3. The van der Waals surface area contributed by atoms with Gasteiger partial charge in [-0.05, 0) is 42.5 Å². The molecule has 0 aliphatic carbocycles. The van der Waals surface area contributed by atoms with Gasteiger partial charge in [0.1, 0.15) is 17.1 Å². The molecule has 0 saturated carbocycles. The molecule has 4 heterocycles. The van der Waals surface area contributed by atoms with Crippen LogP contribution in [-0.4, -0.2) is 24.1 Å². The highest BCUT2D eigenvalue weighted by Gasteiger charge is 2.17. The van der Waals surface area contributed by atoms with Gasteiger partial charge >= 0.3 is 0 Å². The fraction of sp³-hybridized carbons (Fsp3) is 0.0833. The monoisotopic (exact) mass is 421 g/mol. The third-order valence-corrected chi connectivity index (χ3v) is 5.22. The maximum absolute atomic E-state index is 9.44. The van der Waals surface area contributed by atoms with Crippen molar-refractivity contribution in [2.75, 3.05) is 0 Å². The number of hydrogen-bond acceptors (Lipinski definition) is 6. The number of nitrogens with zero attached hydrogens (tertiary/aromatic N) is 6. The fourth-order valence-electron chi connectivity index (χ4n) is 3.64. The standard InChI is InChI=1S/C24H19N7O/c1-30-23(13-21(29-30)20-4-2-3-9-27-20)32-22-12-16(14-25)5-7-18(22)19-8-6-17(15-26)31-11-10-28-24(19)31/h2-13H,15,26H2,1H3. The van der Waals surface area contributed by atoms with Crippen molar-refractivity contribution in [3.63, 3.8) is 0 Å². The van der Waals surface area contributed by atoms with Crippen LogP contribution in [0.4, 0.5) is 0 Å². The number of aromatic nitrogens is 5. The van der Waals surface area contributed by atoms with Gasteiger partial charge in [0.25, 0.3) is 0 Å². The van der Waals surface area contributed by atoms with Crippen LogP contribution in [-0.2, 0) is 13.6 Å². The van der Waals surface area contributed by atoms with Crippen LogP contribution in [0.1, 0.15) is 11.3 Å². The van der Waals surface area contributed by atoms with Crippen molar-refractivity contribution >= 4 is 5.65 Å². The Morgan fingerprint density at radius 1 is 1.00 bits per heavy atom. The highest BCUT2D eigenvalue weighted by Crippen LogP contribution is 2.37. The van der Waals surface area contributed by atoms with Crippen molar-refractivity contribution in [3.05, 3.63) is 84.4 Å². The molecule has 2 N–H and O–H groups in total. The number of aryl methyl sites for hydroxylation is 1. The van der Waals surface area contributed by atoms with Gasteiger partial charge < -0.3 is 14.9 Å². The van der Waals surface area contributed by atoms with E-state index in [0.29, 0.717) is 29.4 Å². The Balaban J connectivity index is 1.61. The number of imidazole rings is 1. The van der Waals surface area contributed by atoms with Gasteiger partial charge in [0.2, 0.25) is 5.88 Å². The molecule has 8 nitrogen and oxygen atoms in total. The van der Waals surface area contributed by atoms with E-state index >= 15 is 0 Å². The molecule has 0 saturated heterocycles. The van der Waals surface area contributed by atoms with Gasteiger partial charge in [-0.3, -0.25) is 4.98 Å². The summed E-state index contributed by atoms with van der Waals surface area (Å²) in [6.07, 6.45) is 5.34. The Labute approximate surface area is 184 Å². The molecular formula is C24H19N7O. The van der Waals surface area contributed by atoms with Crippen molar-refractivity contribution in [2.45, 2.75) is 6.54 Å². The van der Waals surface area contributed by atoms with Crippen molar-refractivity contribution < 1.29 is 4.74 Å². The lowest BCUT2D eigenvalue weighted by Crippen LogP contribution is -2.04. The summed E-state index contributed by atoms with van der Waals surface area (Å²) < 4.78 is 9.89. The maximum atomic E-state index is 9.44.